The second-order valence-corrected chi connectivity index (χ2v) is 9.40. The van der Waals surface area contributed by atoms with Crippen LogP contribution < -0.4 is 0 Å². The molecule has 0 amide bonds. The van der Waals surface area contributed by atoms with Gasteiger partial charge in [0.1, 0.15) is 11.6 Å². The van der Waals surface area contributed by atoms with Crippen LogP contribution in [-0.4, -0.2) is 36.7 Å². The molecule has 0 heterocycles. The summed E-state index contributed by atoms with van der Waals surface area (Å²) in [6.07, 6.45) is 5.05. The zero-order chi connectivity index (χ0) is 23.8. The smallest absolute Gasteiger partial charge is 0.305 e. The van der Waals surface area contributed by atoms with Crippen LogP contribution in [0.3, 0.4) is 0 Å². The molecule has 0 aromatic carbocycles. The Balaban J connectivity index is 3.73. The average molecular weight is 441 g/mol. The highest BCUT2D eigenvalue weighted by Gasteiger charge is 2.13. The zero-order valence-corrected chi connectivity index (χ0v) is 20.5. The highest BCUT2D eigenvalue weighted by atomic mass is 16.5. The third-order valence-corrected chi connectivity index (χ3v) is 5.56. The number of carbonyl (C=O) groups is 4. The molecule has 0 fully saturated rings. The van der Waals surface area contributed by atoms with E-state index in [-0.39, 0.29) is 48.2 Å². The van der Waals surface area contributed by atoms with Crippen LogP contribution in [0.25, 0.3) is 0 Å². The van der Waals surface area contributed by atoms with Gasteiger partial charge in [-0.1, -0.05) is 41.5 Å². The average Bonchev–Trinajstić information content (AvgIpc) is 2.69. The molecule has 0 saturated carbocycles. The van der Waals surface area contributed by atoms with Gasteiger partial charge in [-0.3, -0.25) is 19.2 Å². The molecular weight excluding hydrogens is 396 g/mol. The first kappa shape index (κ1) is 29.3. The van der Waals surface area contributed by atoms with Crippen molar-refractivity contribution in [1.29, 1.82) is 0 Å². The Bertz CT molecular complexity index is 504. The number of rotatable bonds is 18. The molecule has 0 bridgehead atoms. The van der Waals surface area contributed by atoms with Crippen LogP contribution in [0.5, 0.6) is 0 Å². The van der Waals surface area contributed by atoms with Crippen LogP contribution >= 0.6 is 0 Å². The van der Waals surface area contributed by atoms with E-state index in [9.17, 15) is 19.2 Å². The van der Waals surface area contributed by atoms with Crippen molar-refractivity contribution in [3.8, 4) is 0 Å². The summed E-state index contributed by atoms with van der Waals surface area (Å²) in [5.74, 6) is 0.731. The molecule has 0 aliphatic heterocycles. The number of carbonyl (C=O) groups excluding carboxylic acids is 4. The molecule has 0 aliphatic rings. The fraction of sp³-hybridized carbons (Fsp3) is 0.840. The predicted molar refractivity (Wildman–Crippen MR) is 121 cm³/mol. The molecule has 6 heteroatoms. The molecule has 180 valence electrons. The van der Waals surface area contributed by atoms with Crippen LogP contribution in [-0.2, 0) is 28.7 Å². The summed E-state index contributed by atoms with van der Waals surface area (Å²) in [6.45, 7) is 12.4. The van der Waals surface area contributed by atoms with Crippen LogP contribution in [0, 0.1) is 23.7 Å². The quantitative estimate of drug-likeness (QED) is 0.269. The SMILES string of the molecule is CC(C)C(=O)CC[C@@H](C)CCOC(=O)CCCC(=O)OCC[C@H](C)CCC(=O)C(C)C. The van der Waals surface area contributed by atoms with Crippen molar-refractivity contribution >= 4 is 23.5 Å². The fourth-order valence-corrected chi connectivity index (χ4v) is 2.91. The maximum Gasteiger partial charge on any atom is 0.305 e. The Morgan fingerprint density at radius 1 is 0.548 bits per heavy atom. The highest BCUT2D eigenvalue weighted by Crippen LogP contribution is 2.14. The molecule has 0 aromatic rings. The van der Waals surface area contributed by atoms with Crippen LogP contribution in [0.4, 0.5) is 0 Å². The van der Waals surface area contributed by atoms with Crippen LogP contribution in [0.15, 0.2) is 0 Å². The minimum Gasteiger partial charge on any atom is -0.466 e. The minimum absolute atomic E-state index is 0.0699. The third-order valence-electron chi connectivity index (χ3n) is 5.56. The van der Waals surface area contributed by atoms with Crippen molar-refractivity contribution in [2.75, 3.05) is 13.2 Å². The van der Waals surface area contributed by atoms with Gasteiger partial charge in [-0.25, -0.2) is 0 Å². The van der Waals surface area contributed by atoms with E-state index in [0.29, 0.717) is 44.3 Å². The van der Waals surface area contributed by atoms with Crippen LogP contribution in [0.1, 0.15) is 99.3 Å². The Kier molecular flexibility index (Phi) is 16.0. The third kappa shape index (κ3) is 16.6. The van der Waals surface area contributed by atoms with E-state index in [1.54, 1.807) is 0 Å². The molecule has 0 aromatic heterocycles. The normalized spacial score (nSPS) is 13.2. The molecule has 0 rings (SSSR count). The van der Waals surface area contributed by atoms with Crippen LogP contribution in [0.2, 0.25) is 0 Å². The van der Waals surface area contributed by atoms with Crippen molar-refractivity contribution in [2.24, 2.45) is 23.7 Å². The lowest BCUT2D eigenvalue weighted by Gasteiger charge is -2.12. The lowest BCUT2D eigenvalue weighted by Crippen LogP contribution is -2.13. The maximum absolute atomic E-state index is 11.8. The summed E-state index contributed by atoms with van der Waals surface area (Å²) in [5.41, 5.74) is 0. The van der Waals surface area contributed by atoms with Gasteiger partial charge in [0, 0.05) is 37.5 Å². The first-order valence-corrected chi connectivity index (χ1v) is 11.9. The van der Waals surface area contributed by atoms with Gasteiger partial charge < -0.3 is 9.47 Å². The van der Waals surface area contributed by atoms with Gasteiger partial charge in [-0.15, -0.1) is 0 Å². The lowest BCUT2D eigenvalue weighted by molar-refractivity contribution is -0.146. The maximum atomic E-state index is 11.8. The largest absolute Gasteiger partial charge is 0.466 e. The molecule has 2 atom stereocenters. The Morgan fingerprint density at radius 2 is 0.903 bits per heavy atom. The summed E-state index contributed by atoms with van der Waals surface area (Å²) in [6, 6.07) is 0. The summed E-state index contributed by atoms with van der Waals surface area (Å²) >= 11 is 0. The van der Waals surface area contributed by atoms with E-state index >= 15 is 0 Å². The minimum atomic E-state index is -0.304. The first-order valence-electron chi connectivity index (χ1n) is 11.9. The predicted octanol–water partition coefficient (Wildman–Crippen LogP) is 5.31. The number of hydrogen-bond acceptors (Lipinski definition) is 6. The van der Waals surface area contributed by atoms with Crippen molar-refractivity contribution in [3.63, 3.8) is 0 Å². The summed E-state index contributed by atoms with van der Waals surface area (Å²) in [7, 11) is 0. The van der Waals surface area contributed by atoms with Gasteiger partial charge in [0.05, 0.1) is 13.2 Å². The second kappa shape index (κ2) is 16.9. The van der Waals surface area contributed by atoms with Crippen molar-refractivity contribution in [1.82, 2.24) is 0 Å². The summed E-state index contributed by atoms with van der Waals surface area (Å²) < 4.78 is 10.4. The Hall–Kier alpha value is -1.72. The molecule has 0 unspecified atom stereocenters. The monoisotopic (exact) mass is 440 g/mol. The number of Topliss-reactive ketones (excluding diaryl/α,β-unsaturated/α-hetero) is 2. The van der Waals surface area contributed by atoms with E-state index in [0.717, 1.165) is 25.7 Å². The highest BCUT2D eigenvalue weighted by molar-refractivity contribution is 5.80. The zero-order valence-electron chi connectivity index (χ0n) is 20.5. The van der Waals surface area contributed by atoms with E-state index in [1.165, 1.54) is 0 Å². The van der Waals surface area contributed by atoms with Gasteiger partial charge in [-0.2, -0.15) is 0 Å². The van der Waals surface area contributed by atoms with Crippen molar-refractivity contribution in [3.05, 3.63) is 0 Å². The molecule has 0 spiro atoms. The molecular formula is C25H44O6. The standard InChI is InChI=1S/C25H44O6/c1-18(2)22(26)12-10-20(5)14-16-30-24(28)8-7-9-25(29)31-17-15-21(6)11-13-23(27)19(3)4/h18-21H,7-17H2,1-6H3/t20-,21-/m1/s1. The van der Waals surface area contributed by atoms with Gasteiger partial charge in [0.2, 0.25) is 0 Å². The summed E-state index contributed by atoms with van der Waals surface area (Å²) in [4.78, 5) is 46.9. The lowest BCUT2D eigenvalue weighted by atomic mass is 9.97. The first-order chi connectivity index (χ1) is 14.5. The number of esters is 2. The molecule has 0 aliphatic carbocycles. The van der Waals surface area contributed by atoms with Gasteiger partial charge >= 0.3 is 11.9 Å². The number of hydrogen-bond donors (Lipinski definition) is 0. The molecule has 0 radical (unpaired) electrons. The van der Waals surface area contributed by atoms with E-state index in [4.69, 9.17) is 9.47 Å². The molecule has 0 N–H and O–H groups in total. The van der Waals surface area contributed by atoms with Gasteiger partial charge in [-0.05, 0) is 43.9 Å². The topological polar surface area (TPSA) is 86.7 Å². The van der Waals surface area contributed by atoms with E-state index < -0.39 is 0 Å². The molecule has 0 saturated heterocycles. The fourth-order valence-electron chi connectivity index (χ4n) is 2.91. The van der Waals surface area contributed by atoms with E-state index in [2.05, 4.69) is 13.8 Å². The second-order valence-electron chi connectivity index (χ2n) is 9.40. The Morgan fingerprint density at radius 3 is 1.23 bits per heavy atom. The number of ether oxygens (including phenoxy) is 2. The summed E-state index contributed by atoms with van der Waals surface area (Å²) in [5, 5.41) is 0. The Labute approximate surface area is 188 Å². The van der Waals surface area contributed by atoms with Gasteiger partial charge in [0.25, 0.3) is 0 Å². The number of ketones is 2. The molecule has 31 heavy (non-hydrogen) atoms. The van der Waals surface area contributed by atoms with E-state index in [1.807, 2.05) is 27.7 Å². The van der Waals surface area contributed by atoms with Gasteiger partial charge in [0.15, 0.2) is 0 Å². The molecule has 6 nitrogen and oxygen atoms in total. The van der Waals surface area contributed by atoms with Crippen molar-refractivity contribution in [2.45, 2.75) is 99.3 Å². The van der Waals surface area contributed by atoms with Crippen molar-refractivity contribution < 1.29 is 28.7 Å².